The Kier molecular flexibility index (Phi) is 7.98. The first kappa shape index (κ1) is 23.2. The second kappa shape index (κ2) is 10.7. The van der Waals surface area contributed by atoms with Gasteiger partial charge in [-0.25, -0.2) is 0 Å². The molecule has 3 rings (SSSR count). The Labute approximate surface area is 193 Å². The molecule has 31 heavy (non-hydrogen) atoms. The molecule has 2 aromatic carbocycles. The molecule has 1 aliphatic rings. The number of thioether (sulfide) groups is 1. The molecule has 0 bridgehead atoms. The summed E-state index contributed by atoms with van der Waals surface area (Å²) in [6.07, 6.45) is 2.53. The third-order valence-electron chi connectivity index (χ3n) is 4.84. The fraction of sp³-hybridized carbons (Fsp3) is 0.333. The minimum Gasteiger partial charge on any atom is -0.493 e. The van der Waals surface area contributed by atoms with Gasteiger partial charge >= 0.3 is 0 Å². The van der Waals surface area contributed by atoms with Crippen LogP contribution in [0.2, 0.25) is 0 Å². The second-order valence-corrected chi connectivity index (χ2v) is 8.80. The Morgan fingerprint density at radius 2 is 1.87 bits per heavy atom. The Morgan fingerprint density at radius 3 is 2.58 bits per heavy atom. The zero-order valence-electron chi connectivity index (χ0n) is 18.3. The van der Waals surface area contributed by atoms with E-state index in [0.29, 0.717) is 46.9 Å². The van der Waals surface area contributed by atoms with Crippen molar-refractivity contribution in [1.29, 1.82) is 0 Å². The molecule has 0 aliphatic carbocycles. The molecule has 1 saturated heterocycles. The molecule has 0 radical (unpaired) electrons. The first-order chi connectivity index (χ1) is 14.9. The summed E-state index contributed by atoms with van der Waals surface area (Å²) in [6.45, 7) is 7.56. The van der Waals surface area contributed by atoms with Gasteiger partial charge < -0.3 is 14.2 Å². The lowest BCUT2D eigenvalue weighted by Crippen LogP contribution is -2.27. The SMILES string of the molecule is CCN1C(=O)/C(=C\c2cccc(OC)c2OCCCOc2cc(C)ccc2C)SC1=S. The number of aryl methyl sites for hydroxylation is 2. The molecule has 164 valence electrons. The minimum atomic E-state index is -0.0757. The van der Waals surface area contributed by atoms with E-state index in [2.05, 4.69) is 12.1 Å². The molecule has 0 saturated carbocycles. The topological polar surface area (TPSA) is 48.0 Å². The van der Waals surface area contributed by atoms with Crippen molar-refractivity contribution in [2.45, 2.75) is 27.2 Å². The Hall–Kier alpha value is -2.51. The summed E-state index contributed by atoms with van der Waals surface area (Å²) in [5.74, 6) is 2.05. The van der Waals surface area contributed by atoms with Crippen LogP contribution in [0, 0.1) is 13.8 Å². The molecule has 5 nitrogen and oxygen atoms in total. The fourth-order valence-corrected chi connectivity index (χ4v) is 4.53. The second-order valence-electron chi connectivity index (χ2n) is 7.12. The quantitative estimate of drug-likeness (QED) is 0.286. The molecule has 2 aromatic rings. The molecule has 1 amide bonds. The van der Waals surface area contributed by atoms with Crippen LogP contribution in [0.1, 0.15) is 30.0 Å². The molecule has 0 atom stereocenters. The lowest BCUT2D eigenvalue weighted by atomic mass is 10.1. The molecule has 1 aliphatic heterocycles. The zero-order chi connectivity index (χ0) is 22.4. The summed E-state index contributed by atoms with van der Waals surface area (Å²) < 4.78 is 18.0. The monoisotopic (exact) mass is 457 g/mol. The van der Waals surface area contributed by atoms with Crippen LogP contribution in [0.15, 0.2) is 41.3 Å². The van der Waals surface area contributed by atoms with Gasteiger partial charge in [0, 0.05) is 18.5 Å². The number of rotatable bonds is 9. The average molecular weight is 458 g/mol. The van der Waals surface area contributed by atoms with Gasteiger partial charge in [0.15, 0.2) is 11.5 Å². The number of hydrogen-bond acceptors (Lipinski definition) is 6. The Balaban J connectivity index is 1.67. The van der Waals surface area contributed by atoms with Gasteiger partial charge in [-0.2, -0.15) is 0 Å². The van der Waals surface area contributed by atoms with Crippen molar-refractivity contribution in [2.24, 2.45) is 0 Å². The van der Waals surface area contributed by atoms with Crippen molar-refractivity contribution < 1.29 is 19.0 Å². The number of likely N-dealkylation sites (N-methyl/N-ethyl adjacent to an activating group) is 1. The Morgan fingerprint density at radius 1 is 1.10 bits per heavy atom. The average Bonchev–Trinajstić information content (AvgIpc) is 3.03. The van der Waals surface area contributed by atoms with E-state index < -0.39 is 0 Å². The number of para-hydroxylation sites is 1. The van der Waals surface area contributed by atoms with Gasteiger partial charge in [-0.15, -0.1) is 0 Å². The molecule has 7 heteroatoms. The smallest absolute Gasteiger partial charge is 0.266 e. The summed E-state index contributed by atoms with van der Waals surface area (Å²) in [7, 11) is 1.60. The van der Waals surface area contributed by atoms with E-state index in [9.17, 15) is 4.79 Å². The molecular formula is C24H27NO4S2. The van der Waals surface area contributed by atoms with E-state index in [1.54, 1.807) is 12.0 Å². The number of amides is 1. The number of carbonyl (C=O) groups is 1. The number of thiocarbonyl (C=S) groups is 1. The van der Waals surface area contributed by atoms with E-state index in [0.717, 1.165) is 16.9 Å². The van der Waals surface area contributed by atoms with E-state index in [1.165, 1.54) is 17.3 Å². The third kappa shape index (κ3) is 5.60. The van der Waals surface area contributed by atoms with Crippen LogP contribution in [-0.4, -0.2) is 42.0 Å². The van der Waals surface area contributed by atoms with Crippen molar-refractivity contribution >= 4 is 40.3 Å². The molecular weight excluding hydrogens is 430 g/mol. The maximum atomic E-state index is 12.6. The number of methoxy groups -OCH3 is 1. The van der Waals surface area contributed by atoms with Crippen LogP contribution in [-0.2, 0) is 4.79 Å². The van der Waals surface area contributed by atoms with Crippen LogP contribution >= 0.6 is 24.0 Å². The van der Waals surface area contributed by atoms with Crippen molar-refractivity contribution in [3.63, 3.8) is 0 Å². The van der Waals surface area contributed by atoms with Gasteiger partial charge in [0.2, 0.25) is 0 Å². The zero-order valence-corrected chi connectivity index (χ0v) is 19.9. The summed E-state index contributed by atoms with van der Waals surface area (Å²) in [5.41, 5.74) is 3.07. The molecule has 0 unspecified atom stereocenters. The Bertz CT molecular complexity index is 1000. The number of ether oxygens (including phenoxy) is 3. The van der Waals surface area contributed by atoms with Crippen molar-refractivity contribution in [2.75, 3.05) is 26.9 Å². The largest absolute Gasteiger partial charge is 0.493 e. The van der Waals surface area contributed by atoms with Gasteiger partial charge in [-0.05, 0) is 50.1 Å². The summed E-state index contributed by atoms with van der Waals surface area (Å²) in [6, 6.07) is 11.8. The van der Waals surface area contributed by atoms with Crippen LogP contribution in [0.3, 0.4) is 0 Å². The minimum absolute atomic E-state index is 0.0757. The van der Waals surface area contributed by atoms with Crippen molar-refractivity contribution in [3.8, 4) is 17.2 Å². The highest BCUT2D eigenvalue weighted by Gasteiger charge is 2.31. The lowest BCUT2D eigenvalue weighted by molar-refractivity contribution is -0.121. The third-order valence-corrected chi connectivity index (χ3v) is 6.22. The normalized spacial score (nSPS) is 15.0. The van der Waals surface area contributed by atoms with Gasteiger partial charge in [0.25, 0.3) is 5.91 Å². The standard InChI is InChI=1S/C24H27NO4S2/c1-5-25-23(26)21(31-24(25)30)15-18-8-6-9-19(27-4)22(18)29-13-7-12-28-20-14-16(2)10-11-17(20)3/h6,8-11,14-15H,5,7,12-13H2,1-4H3/b21-15+. The summed E-state index contributed by atoms with van der Waals surface area (Å²) in [4.78, 5) is 14.7. The number of nitrogens with zero attached hydrogens (tertiary/aromatic N) is 1. The van der Waals surface area contributed by atoms with Gasteiger partial charge in [-0.1, -0.05) is 48.2 Å². The summed E-state index contributed by atoms with van der Waals surface area (Å²) >= 11 is 6.61. The lowest BCUT2D eigenvalue weighted by Gasteiger charge is -2.14. The maximum absolute atomic E-state index is 12.6. The van der Waals surface area contributed by atoms with Crippen LogP contribution in [0.25, 0.3) is 6.08 Å². The first-order valence-corrected chi connectivity index (χ1v) is 11.4. The first-order valence-electron chi connectivity index (χ1n) is 10.2. The van der Waals surface area contributed by atoms with E-state index >= 15 is 0 Å². The highest BCUT2D eigenvalue weighted by molar-refractivity contribution is 8.26. The molecule has 1 fully saturated rings. The van der Waals surface area contributed by atoms with Gasteiger partial charge in [0.05, 0.1) is 25.2 Å². The van der Waals surface area contributed by atoms with E-state index in [4.69, 9.17) is 26.4 Å². The number of benzene rings is 2. The van der Waals surface area contributed by atoms with E-state index in [-0.39, 0.29) is 5.91 Å². The predicted molar refractivity (Wildman–Crippen MR) is 130 cm³/mol. The predicted octanol–water partition coefficient (Wildman–Crippen LogP) is 5.38. The molecule has 1 heterocycles. The molecule has 0 spiro atoms. The van der Waals surface area contributed by atoms with Crippen molar-refractivity contribution in [1.82, 2.24) is 4.90 Å². The molecule has 0 N–H and O–H groups in total. The number of carbonyl (C=O) groups excluding carboxylic acids is 1. The fourth-order valence-electron chi connectivity index (χ4n) is 3.15. The highest BCUT2D eigenvalue weighted by atomic mass is 32.2. The number of hydrogen-bond donors (Lipinski definition) is 0. The van der Waals surface area contributed by atoms with Gasteiger partial charge in [0.1, 0.15) is 10.1 Å². The van der Waals surface area contributed by atoms with Crippen LogP contribution in [0.5, 0.6) is 17.2 Å². The molecule has 0 aromatic heterocycles. The van der Waals surface area contributed by atoms with Crippen molar-refractivity contribution in [3.05, 3.63) is 58.0 Å². The highest BCUT2D eigenvalue weighted by Crippen LogP contribution is 2.37. The van der Waals surface area contributed by atoms with E-state index in [1.807, 2.05) is 51.1 Å². The summed E-state index contributed by atoms with van der Waals surface area (Å²) in [5, 5.41) is 0. The maximum Gasteiger partial charge on any atom is 0.266 e. The van der Waals surface area contributed by atoms with Crippen LogP contribution < -0.4 is 14.2 Å². The van der Waals surface area contributed by atoms with Gasteiger partial charge in [-0.3, -0.25) is 9.69 Å². The van der Waals surface area contributed by atoms with Crippen LogP contribution in [0.4, 0.5) is 0 Å².